The van der Waals surface area contributed by atoms with Crippen LogP contribution in [0.2, 0.25) is 0 Å². The topological polar surface area (TPSA) is 58.0 Å². The van der Waals surface area contributed by atoms with Gasteiger partial charge >= 0.3 is 0 Å². The summed E-state index contributed by atoms with van der Waals surface area (Å²) in [7, 11) is 0. The van der Waals surface area contributed by atoms with Gasteiger partial charge in [-0.15, -0.1) is 0 Å². The highest BCUT2D eigenvalue weighted by molar-refractivity contribution is 5.34. The van der Waals surface area contributed by atoms with E-state index in [4.69, 9.17) is 0 Å². The molecule has 1 aliphatic carbocycles. The summed E-state index contributed by atoms with van der Waals surface area (Å²) in [6.45, 7) is 4.72. The third-order valence-electron chi connectivity index (χ3n) is 3.47. The SMILES string of the molecule is Cc1cc(NCC2(O)CCCC(C)C2)ncn1. The fraction of sp³-hybridized carbons (Fsp3) is 0.692. The molecule has 0 bridgehead atoms. The highest BCUT2D eigenvalue weighted by atomic mass is 16.3. The van der Waals surface area contributed by atoms with Gasteiger partial charge in [0.05, 0.1) is 5.60 Å². The number of anilines is 1. The molecular weight excluding hydrogens is 214 g/mol. The summed E-state index contributed by atoms with van der Waals surface area (Å²) in [5.74, 6) is 1.41. The molecule has 0 radical (unpaired) electrons. The van der Waals surface area contributed by atoms with Crippen LogP contribution < -0.4 is 5.32 Å². The average molecular weight is 235 g/mol. The number of aromatic nitrogens is 2. The molecule has 17 heavy (non-hydrogen) atoms. The second-order valence-electron chi connectivity index (χ2n) is 5.32. The number of aliphatic hydroxyl groups is 1. The summed E-state index contributed by atoms with van der Waals surface area (Å²) in [4.78, 5) is 8.19. The Kier molecular flexibility index (Phi) is 3.62. The summed E-state index contributed by atoms with van der Waals surface area (Å²) in [5.41, 5.74) is 0.364. The first-order valence-corrected chi connectivity index (χ1v) is 6.32. The summed E-state index contributed by atoms with van der Waals surface area (Å²) in [6.07, 6.45) is 5.65. The van der Waals surface area contributed by atoms with Crippen LogP contribution in [0.5, 0.6) is 0 Å². The van der Waals surface area contributed by atoms with Gasteiger partial charge < -0.3 is 10.4 Å². The molecule has 94 valence electrons. The van der Waals surface area contributed by atoms with Crippen molar-refractivity contribution in [3.8, 4) is 0 Å². The molecular formula is C13H21N3O. The molecule has 0 aliphatic heterocycles. The van der Waals surface area contributed by atoms with Crippen LogP contribution in [0.25, 0.3) is 0 Å². The Morgan fingerprint density at radius 3 is 3.06 bits per heavy atom. The second-order valence-corrected chi connectivity index (χ2v) is 5.32. The standard InChI is InChI=1S/C13H21N3O/c1-10-4-3-5-13(17,7-10)8-14-12-6-11(2)15-9-16-12/h6,9-10,17H,3-5,7-8H2,1-2H3,(H,14,15,16). The monoisotopic (exact) mass is 235 g/mol. The van der Waals surface area contributed by atoms with Gasteiger partial charge in [-0.2, -0.15) is 0 Å². The summed E-state index contributed by atoms with van der Waals surface area (Å²) < 4.78 is 0. The molecule has 1 heterocycles. The van der Waals surface area contributed by atoms with Crippen LogP contribution in [0.3, 0.4) is 0 Å². The van der Waals surface area contributed by atoms with Gasteiger partial charge in [-0.3, -0.25) is 0 Å². The smallest absolute Gasteiger partial charge is 0.129 e. The zero-order valence-electron chi connectivity index (χ0n) is 10.6. The Hall–Kier alpha value is -1.16. The predicted molar refractivity (Wildman–Crippen MR) is 67.8 cm³/mol. The zero-order valence-corrected chi connectivity index (χ0v) is 10.6. The van der Waals surface area contributed by atoms with Gasteiger partial charge in [-0.25, -0.2) is 9.97 Å². The van der Waals surface area contributed by atoms with Crippen molar-refractivity contribution in [1.82, 2.24) is 9.97 Å². The largest absolute Gasteiger partial charge is 0.388 e. The van der Waals surface area contributed by atoms with Crippen LogP contribution >= 0.6 is 0 Å². The highest BCUT2D eigenvalue weighted by Gasteiger charge is 2.32. The molecule has 1 aromatic rings. The van der Waals surface area contributed by atoms with Crippen LogP contribution in [-0.4, -0.2) is 27.2 Å². The molecule has 0 amide bonds. The van der Waals surface area contributed by atoms with E-state index in [2.05, 4.69) is 22.2 Å². The van der Waals surface area contributed by atoms with Crippen molar-refractivity contribution in [3.63, 3.8) is 0 Å². The molecule has 0 spiro atoms. The highest BCUT2D eigenvalue weighted by Crippen LogP contribution is 2.32. The normalized spacial score (nSPS) is 29.0. The molecule has 2 unspecified atom stereocenters. The van der Waals surface area contributed by atoms with Crippen molar-refractivity contribution in [2.75, 3.05) is 11.9 Å². The fourth-order valence-electron chi connectivity index (χ4n) is 2.60. The van der Waals surface area contributed by atoms with Crippen LogP contribution in [0.1, 0.15) is 38.3 Å². The maximum Gasteiger partial charge on any atom is 0.129 e. The lowest BCUT2D eigenvalue weighted by Crippen LogP contribution is -2.41. The van der Waals surface area contributed by atoms with Gasteiger partial charge in [0, 0.05) is 18.3 Å². The maximum absolute atomic E-state index is 10.5. The fourth-order valence-corrected chi connectivity index (χ4v) is 2.60. The third-order valence-corrected chi connectivity index (χ3v) is 3.47. The molecule has 0 saturated heterocycles. The van der Waals surface area contributed by atoms with E-state index < -0.39 is 5.60 Å². The number of nitrogens with zero attached hydrogens (tertiary/aromatic N) is 2. The first kappa shape index (κ1) is 12.3. The lowest BCUT2D eigenvalue weighted by Gasteiger charge is -2.35. The summed E-state index contributed by atoms with van der Waals surface area (Å²) in [6, 6.07) is 1.90. The van der Waals surface area contributed by atoms with Gasteiger partial charge in [0.1, 0.15) is 12.1 Å². The number of rotatable bonds is 3. The quantitative estimate of drug-likeness (QED) is 0.842. The molecule has 2 rings (SSSR count). The van der Waals surface area contributed by atoms with Crippen LogP contribution in [0.15, 0.2) is 12.4 Å². The summed E-state index contributed by atoms with van der Waals surface area (Å²) in [5, 5.41) is 13.7. The van der Waals surface area contributed by atoms with Crippen LogP contribution in [0, 0.1) is 12.8 Å². The van der Waals surface area contributed by atoms with Crippen molar-refractivity contribution >= 4 is 5.82 Å². The van der Waals surface area contributed by atoms with E-state index in [0.29, 0.717) is 12.5 Å². The lowest BCUT2D eigenvalue weighted by molar-refractivity contribution is -0.000830. The Bertz CT molecular complexity index is 383. The number of hydrogen-bond acceptors (Lipinski definition) is 4. The molecule has 4 heteroatoms. The minimum atomic E-state index is -0.573. The average Bonchev–Trinajstić information content (AvgIpc) is 2.26. The minimum Gasteiger partial charge on any atom is -0.388 e. The summed E-state index contributed by atoms with van der Waals surface area (Å²) >= 11 is 0. The Balaban J connectivity index is 1.93. The molecule has 4 nitrogen and oxygen atoms in total. The van der Waals surface area contributed by atoms with E-state index in [1.807, 2.05) is 13.0 Å². The number of nitrogens with one attached hydrogen (secondary N) is 1. The zero-order chi connectivity index (χ0) is 12.3. The van der Waals surface area contributed by atoms with E-state index in [1.165, 1.54) is 6.42 Å². The molecule has 2 N–H and O–H groups in total. The Morgan fingerprint density at radius 1 is 1.53 bits per heavy atom. The molecule has 1 aromatic heterocycles. The number of aryl methyl sites for hydroxylation is 1. The Labute approximate surface area is 102 Å². The van der Waals surface area contributed by atoms with E-state index >= 15 is 0 Å². The molecule has 1 aliphatic rings. The van der Waals surface area contributed by atoms with Gasteiger partial charge in [0.2, 0.25) is 0 Å². The minimum absolute atomic E-state index is 0.573. The van der Waals surface area contributed by atoms with Gasteiger partial charge in [0.15, 0.2) is 0 Å². The first-order valence-electron chi connectivity index (χ1n) is 6.32. The number of hydrogen-bond donors (Lipinski definition) is 2. The maximum atomic E-state index is 10.5. The van der Waals surface area contributed by atoms with Gasteiger partial charge in [0.25, 0.3) is 0 Å². The predicted octanol–water partition coefficient (Wildman–Crippen LogP) is 2.14. The van der Waals surface area contributed by atoms with Crippen molar-refractivity contribution in [2.24, 2.45) is 5.92 Å². The van der Waals surface area contributed by atoms with Gasteiger partial charge in [-0.05, 0) is 25.7 Å². The van der Waals surface area contributed by atoms with Crippen molar-refractivity contribution in [2.45, 2.75) is 45.1 Å². The Morgan fingerprint density at radius 2 is 2.35 bits per heavy atom. The molecule has 1 fully saturated rings. The van der Waals surface area contributed by atoms with E-state index in [-0.39, 0.29) is 0 Å². The lowest BCUT2D eigenvalue weighted by atomic mass is 9.79. The van der Waals surface area contributed by atoms with Crippen molar-refractivity contribution in [3.05, 3.63) is 18.1 Å². The van der Waals surface area contributed by atoms with Crippen molar-refractivity contribution in [1.29, 1.82) is 0 Å². The molecule has 1 saturated carbocycles. The molecule has 2 atom stereocenters. The van der Waals surface area contributed by atoms with Crippen LogP contribution in [-0.2, 0) is 0 Å². The van der Waals surface area contributed by atoms with Gasteiger partial charge in [-0.1, -0.05) is 19.8 Å². The third kappa shape index (κ3) is 3.40. The van der Waals surface area contributed by atoms with E-state index in [1.54, 1.807) is 6.33 Å². The van der Waals surface area contributed by atoms with E-state index in [0.717, 1.165) is 30.8 Å². The molecule has 0 aromatic carbocycles. The van der Waals surface area contributed by atoms with Crippen LogP contribution in [0.4, 0.5) is 5.82 Å². The van der Waals surface area contributed by atoms with E-state index in [9.17, 15) is 5.11 Å². The van der Waals surface area contributed by atoms with Crippen molar-refractivity contribution < 1.29 is 5.11 Å². The second kappa shape index (κ2) is 5.00. The first-order chi connectivity index (χ1) is 8.07.